The fraction of sp³-hybridized carbons (Fsp3) is 0.129. The summed E-state index contributed by atoms with van der Waals surface area (Å²) >= 11 is 0. The van der Waals surface area contributed by atoms with Crippen molar-refractivity contribution in [2.24, 2.45) is 0 Å². The molecule has 4 heterocycles. The lowest BCUT2D eigenvalue weighted by atomic mass is 9.33. The number of para-hydroxylation sites is 4. The molecule has 0 unspecified atom stereocenters. The van der Waals surface area contributed by atoms with Crippen LogP contribution in [-0.4, -0.2) is 14.8 Å². The Kier molecular flexibility index (Phi) is 8.55. The van der Waals surface area contributed by atoms with E-state index in [-0.39, 0.29) is 17.5 Å². The third kappa shape index (κ3) is 5.64. The van der Waals surface area contributed by atoms with Crippen LogP contribution in [0.15, 0.2) is 206 Å². The lowest BCUT2D eigenvalue weighted by Gasteiger charge is -2.50. The fourth-order valence-corrected chi connectivity index (χ4v) is 17.7. The van der Waals surface area contributed by atoms with E-state index in [0.29, 0.717) is 0 Å². The van der Waals surface area contributed by atoms with Gasteiger partial charge in [-0.15, -0.1) is 0 Å². The summed E-state index contributed by atoms with van der Waals surface area (Å²) in [5.74, 6) is 0. The molecule has 4 aliphatic heterocycles. The number of hydrogen-bond donors (Lipinski definition) is 0. The highest BCUT2D eigenvalue weighted by atomic mass is 28.3. The lowest BCUT2D eigenvalue weighted by molar-refractivity contribution is 0.590. The van der Waals surface area contributed by atoms with Crippen LogP contribution in [-0.2, 0) is 10.8 Å². The van der Waals surface area contributed by atoms with Gasteiger partial charge in [0.1, 0.15) is 0 Å². The molecule has 1 spiro atoms. The van der Waals surface area contributed by atoms with Gasteiger partial charge >= 0.3 is 0 Å². The molecule has 0 bridgehead atoms. The van der Waals surface area contributed by atoms with Crippen molar-refractivity contribution in [3.63, 3.8) is 0 Å². The van der Waals surface area contributed by atoms with Crippen LogP contribution in [0.2, 0.25) is 0 Å². The molecule has 0 atom stereocenters. The first-order valence-electron chi connectivity index (χ1n) is 23.9. The third-order valence-corrected chi connectivity index (χ3v) is 20.1. The maximum Gasteiger partial charge on any atom is 0.252 e. The van der Waals surface area contributed by atoms with Gasteiger partial charge in [-0.05, 0) is 131 Å². The Hall–Kier alpha value is -7.34. The molecule has 0 saturated carbocycles. The smallest absolute Gasteiger partial charge is 0.252 e. The van der Waals surface area contributed by atoms with E-state index in [0.717, 1.165) is 22.7 Å². The van der Waals surface area contributed by atoms with E-state index in [4.69, 9.17) is 0 Å². The van der Waals surface area contributed by atoms with E-state index >= 15 is 0 Å². The zero-order valence-corrected chi connectivity index (χ0v) is 40.0. The second-order valence-electron chi connectivity index (χ2n) is 20.9. The molecule has 0 N–H and O–H groups in total. The first kappa shape index (κ1) is 40.0. The largest absolute Gasteiger partial charge is 0.312 e. The number of nitrogens with zero attached hydrogens (tertiary/aromatic N) is 3. The van der Waals surface area contributed by atoms with Crippen molar-refractivity contribution < 1.29 is 0 Å². The van der Waals surface area contributed by atoms with Crippen molar-refractivity contribution in [1.29, 1.82) is 0 Å². The normalized spacial score (nSPS) is 14.4. The minimum atomic E-state index is -2.84. The molecule has 3 nitrogen and oxygen atoms in total. The number of fused-ring (bicyclic) bond motifs is 13. The first-order chi connectivity index (χ1) is 32.5. The number of anilines is 9. The number of hydrogen-bond acceptors (Lipinski definition) is 3. The van der Waals surface area contributed by atoms with Gasteiger partial charge in [0.2, 0.25) is 0 Å². The van der Waals surface area contributed by atoms with Crippen LogP contribution >= 0.6 is 0 Å². The molecule has 0 amide bonds. The summed E-state index contributed by atoms with van der Waals surface area (Å²) in [4.78, 5) is 7.71. The lowest BCUT2D eigenvalue weighted by Crippen LogP contribution is -2.77. The molecule has 0 saturated heterocycles. The average molecular weight is 878 g/mol. The Labute approximate surface area is 396 Å². The highest BCUT2D eigenvalue weighted by molar-refractivity contribution is 7.24. The molecular weight excluding hydrogens is 826 g/mol. The number of rotatable bonds is 4. The van der Waals surface area contributed by atoms with Crippen LogP contribution in [0.25, 0.3) is 11.1 Å². The van der Waals surface area contributed by atoms with Crippen LogP contribution < -0.4 is 51.8 Å². The highest BCUT2D eigenvalue weighted by Gasteiger charge is 2.57. The van der Waals surface area contributed by atoms with Crippen LogP contribution in [0.5, 0.6) is 0 Å². The van der Waals surface area contributed by atoms with E-state index in [2.05, 4.69) is 262 Å². The van der Waals surface area contributed by atoms with Gasteiger partial charge < -0.3 is 14.7 Å². The zero-order chi connectivity index (χ0) is 45.4. The second kappa shape index (κ2) is 14.3. The second-order valence-corrected chi connectivity index (χ2v) is 24.6. The third-order valence-electron chi connectivity index (χ3n) is 15.1. The summed E-state index contributed by atoms with van der Waals surface area (Å²) in [6.45, 7) is 13.9. The average Bonchev–Trinajstić information content (AvgIpc) is 3.64. The minimum Gasteiger partial charge on any atom is -0.312 e. The minimum absolute atomic E-state index is 0.0160. The summed E-state index contributed by atoms with van der Waals surface area (Å²) in [5, 5.41) is 5.88. The van der Waals surface area contributed by atoms with Crippen LogP contribution in [0.3, 0.4) is 0 Å². The molecule has 9 aromatic rings. The Morgan fingerprint density at radius 1 is 0.388 bits per heavy atom. The topological polar surface area (TPSA) is 9.72 Å². The first-order valence-corrected chi connectivity index (χ1v) is 25.9. The Morgan fingerprint density at radius 2 is 0.910 bits per heavy atom. The Morgan fingerprint density at radius 3 is 1.52 bits per heavy atom. The monoisotopic (exact) mass is 877 g/mol. The predicted octanol–water partition coefficient (Wildman–Crippen LogP) is 11.5. The van der Waals surface area contributed by atoms with Gasteiger partial charge in [0, 0.05) is 45.5 Å². The van der Waals surface area contributed by atoms with E-state index in [1.54, 1.807) is 0 Å². The molecule has 322 valence electrons. The highest BCUT2D eigenvalue weighted by Crippen LogP contribution is 2.50. The van der Waals surface area contributed by atoms with Crippen molar-refractivity contribution in [3.8, 4) is 11.1 Å². The van der Waals surface area contributed by atoms with Crippen molar-refractivity contribution in [1.82, 2.24) is 0 Å². The van der Waals surface area contributed by atoms with Gasteiger partial charge in [0.15, 0.2) is 8.07 Å². The molecule has 0 fully saturated rings. The maximum atomic E-state index is 2.69. The van der Waals surface area contributed by atoms with E-state index < -0.39 is 8.07 Å². The quantitative estimate of drug-likeness (QED) is 0.163. The zero-order valence-electron chi connectivity index (χ0n) is 39.0. The molecule has 0 aromatic heterocycles. The Balaban J connectivity index is 1.18. The molecular formula is C62H52BN3Si. The molecule has 5 heteroatoms. The standard InChI is InChI=1S/C62H52BN3Si/c1-61(2,3)41-32-35-45(36-33-41)65-51-37-34-42(62(4,5)6)38-50(51)63-49-26-19-31-58-60(49)66(52-27-15-18-30-57(52)67(58)55-28-16-13-24-47(55)48-25-14-17-29-56(48)67)54-40-46(39-53(65)59(54)63)64(43-20-9-7-10-21-43)44-22-11-8-12-23-44/h7-40H,1-6H3. The van der Waals surface area contributed by atoms with Gasteiger partial charge in [-0.25, -0.2) is 0 Å². The van der Waals surface area contributed by atoms with E-state index in [9.17, 15) is 0 Å². The molecule has 67 heavy (non-hydrogen) atoms. The summed E-state index contributed by atoms with van der Waals surface area (Å²) < 4.78 is 0. The van der Waals surface area contributed by atoms with Gasteiger partial charge in [-0.1, -0.05) is 187 Å². The molecule has 9 aromatic carbocycles. The number of benzene rings is 9. The summed E-state index contributed by atoms with van der Waals surface area (Å²) in [6.07, 6.45) is 0. The summed E-state index contributed by atoms with van der Waals surface area (Å²) in [5.41, 5.74) is 20.3. The SMILES string of the molecule is CC(C)(C)c1ccc(N2c3ccc(C(C)(C)C)cc3B3c4cccc5c4N(c4ccccc4[Si]54c5ccccc5-c5ccccc54)c4cc(N(c5ccccc5)c5ccccc5)cc2c43)cc1. The maximum absolute atomic E-state index is 2.84. The van der Waals surface area contributed by atoms with E-state index in [1.165, 1.54) is 87.8 Å². The van der Waals surface area contributed by atoms with Crippen molar-refractivity contribution >= 4 is 103 Å². The molecule has 4 aliphatic rings. The van der Waals surface area contributed by atoms with Crippen LogP contribution in [0.4, 0.5) is 51.2 Å². The van der Waals surface area contributed by atoms with Crippen molar-refractivity contribution in [2.75, 3.05) is 14.7 Å². The van der Waals surface area contributed by atoms with E-state index in [1.807, 2.05) is 0 Å². The summed E-state index contributed by atoms with van der Waals surface area (Å²) in [6, 6.07) is 78.9. The molecule has 0 aliphatic carbocycles. The summed E-state index contributed by atoms with van der Waals surface area (Å²) in [7, 11) is -2.84. The van der Waals surface area contributed by atoms with Gasteiger partial charge in [0.05, 0.1) is 5.69 Å². The van der Waals surface area contributed by atoms with Gasteiger partial charge in [-0.3, -0.25) is 0 Å². The predicted molar refractivity (Wildman–Crippen MR) is 289 cm³/mol. The Bertz CT molecular complexity index is 3370. The van der Waals surface area contributed by atoms with Crippen LogP contribution in [0, 0.1) is 0 Å². The van der Waals surface area contributed by atoms with Gasteiger partial charge in [0.25, 0.3) is 6.71 Å². The molecule has 13 rings (SSSR count). The van der Waals surface area contributed by atoms with Crippen molar-refractivity contribution in [3.05, 3.63) is 217 Å². The molecule has 0 radical (unpaired) electrons. The fourth-order valence-electron chi connectivity index (χ4n) is 12.1. The van der Waals surface area contributed by atoms with Crippen molar-refractivity contribution in [2.45, 2.75) is 52.4 Å². The van der Waals surface area contributed by atoms with Gasteiger partial charge in [-0.2, -0.15) is 0 Å². The van der Waals surface area contributed by atoms with Crippen LogP contribution in [0.1, 0.15) is 52.7 Å².